The number of nitrogens with zero attached hydrogens (tertiary/aromatic N) is 5. The zero-order valence-electron chi connectivity index (χ0n) is 20.2. The fraction of sp³-hybridized carbons (Fsp3) is 0.400. The van der Waals surface area contributed by atoms with Gasteiger partial charge in [-0.3, -0.25) is 4.40 Å². The summed E-state index contributed by atoms with van der Waals surface area (Å²) in [5, 5.41) is 20.1. The van der Waals surface area contributed by atoms with Gasteiger partial charge in [-0.15, -0.1) is 0 Å². The molecule has 4 rings (SSSR count). The molecule has 0 bridgehead atoms. The molecule has 0 saturated heterocycles. The van der Waals surface area contributed by atoms with E-state index in [9.17, 15) is 10.4 Å². The molecule has 4 aromatic rings. The first-order valence-corrected chi connectivity index (χ1v) is 14.9. The third-order valence-electron chi connectivity index (χ3n) is 5.85. The zero-order valence-corrected chi connectivity index (χ0v) is 21.2. The molecular formula is C25H31N5O2Si. The fourth-order valence-electron chi connectivity index (χ4n) is 3.93. The summed E-state index contributed by atoms with van der Waals surface area (Å²) in [4.78, 5) is 9.51. The van der Waals surface area contributed by atoms with Gasteiger partial charge in [-0.25, -0.2) is 9.97 Å². The summed E-state index contributed by atoms with van der Waals surface area (Å²) in [6, 6.07) is 11.1. The van der Waals surface area contributed by atoms with Gasteiger partial charge in [0.15, 0.2) is 5.65 Å². The van der Waals surface area contributed by atoms with Crippen LogP contribution in [0.25, 0.3) is 27.9 Å². The van der Waals surface area contributed by atoms with Crippen molar-refractivity contribution in [2.45, 2.75) is 58.8 Å². The van der Waals surface area contributed by atoms with Crippen LogP contribution in [0.3, 0.4) is 0 Å². The van der Waals surface area contributed by atoms with Crippen LogP contribution in [0, 0.1) is 18.3 Å². The number of rotatable bonds is 7. The fourth-order valence-corrected chi connectivity index (χ4v) is 4.69. The van der Waals surface area contributed by atoms with Crippen molar-refractivity contribution in [3.05, 3.63) is 53.6 Å². The first-order chi connectivity index (χ1) is 15.5. The maximum atomic E-state index is 10.3. The Balaban J connectivity index is 1.75. The number of nitriles is 1. The molecule has 0 aliphatic carbocycles. The number of benzene rings is 1. The van der Waals surface area contributed by atoms with Crippen LogP contribution >= 0.6 is 0 Å². The van der Waals surface area contributed by atoms with Crippen molar-refractivity contribution in [2.75, 3.05) is 6.61 Å². The van der Waals surface area contributed by atoms with Crippen LogP contribution in [0.5, 0.6) is 0 Å². The summed E-state index contributed by atoms with van der Waals surface area (Å²) in [7, 11) is -1.17. The number of hydrogen-bond donors (Lipinski definition) is 1. The zero-order chi connectivity index (χ0) is 24.0. The molecule has 0 radical (unpaired) electrons. The topological polar surface area (TPSA) is 88.4 Å². The van der Waals surface area contributed by atoms with Crippen LogP contribution in [0.2, 0.25) is 25.7 Å². The molecule has 0 fully saturated rings. The second kappa shape index (κ2) is 8.41. The van der Waals surface area contributed by atoms with Gasteiger partial charge in [0.25, 0.3) is 0 Å². The molecule has 0 unspecified atom stereocenters. The third kappa shape index (κ3) is 4.57. The minimum Gasteiger partial charge on any atom is -0.386 e. The number of imidazole rings is 1. The first-order valence-electron chi connectivity index (χ1n) is 11.2. The molecule has 0 atom stereocenters. The van der Waals surface area contributed by atoms with Crippen LogP contribution in [0.4, 0.5) is 0 Å². The monoisotopic (exact) mass is 461 g/mol. The van der Waals surface area contributed by atoms with E-state index >= 15 is 0 Å². The van der Waals surface area contributed by atoms with E-state index < -0.39 is 13.7 Å². The van der Waals surface area contributed by atoms with E-state index in [2.05, 4.69) is 25.7 Å². The number of ether oxygens (including phenoxy) is 1. The van der Waals surface area contributed by atoms with Crippen LogP contribution in [-0.2, 0) is 17.1 Å². The average Bonchev–Trinajstić information content (AvgIpc) is 3.27. The highest BCUT2D eigenvalue weighted by molar-refractivity contribution is 6.76. The molecule has 0 saturated carbocycles. The average molecular weight is 462 g/mol. The SMILES string of the molecule is Cc1nc(-c2ccc(C(C)(C)O)cc2)c2cnc3c(c(C#N)cn3COCC[Si](C)(C)C)n12. The van der Waals surface area contributed by atoms with Crippen molar-refractivity contribution in [1.29, 1.82) is 5.26 Å². The van der Waals surface area contributed by atoms with Crippen molar-refractivity contribution in [2.24, 2.45) is 0 Å². The number of aromatic nitrogens is 4. The third-order valence-corrected chi connectivity index (χ3v) is 7.55. The van der Waals surface area contributed by atoms with Crippen molar-refractivity contribution in [1.82, 2.24) is 18.9 Å². The molecule has 7 nitrogen and oxygen atoms in total. The normalized spacial score (nSPS) is 12.5. The van der Waals surface area contributed by atoms with Gasteiger partial charge in [0, 0.05) is 26.4 Å². The number of hydrogen-bond acceptors (Lipinski definition) is 5. The molecule has 0 amide bonds. The van der Waals surface area contributed by atoms with E-state index in [4.69, 9.17) is 14.7 Å². The lowest BCUT2D eigenvalue weighted by molar-refractivity contribution is 0.0786. The van der Waals surface area contributed by atoms with Crippen molar-refractivity contribution < 1.29 is 9.84 Å². The maximum Gasteiger partial charge on any atom is 0.160 e. The summed E-state index contributed by atoms with van der Waals surface area (Å²) >= 11 is 0. The summed E-state index contributed by atoms with van der Waals surface area (Å²) in [6.07, 6.45) is 3.62. The standard InChI is InChI=1S/C25H31N5O2Si/c1-17-28-22(18-7-9-20(10-8-18)25(2,3)31)21-14-27-24-23(30(17)21)19(13-26)15-29(24)16-32-11-12-33(4,5)6/h7-10,14-15,31H,11-12,16H2,1-6H3. The van der Waals surface area contributed by atoms with Gasteiger partial charge in [0.05, 0.1) is 28.6 Å². The Kier molecular flexibility index (Phi) is 5.91. The highest BCUT2D eigenvalue weighted by Crippen LogP contribution is 2.31. The minimum atomic E-state index is -1.17. The molecule has 8 heteroatoms. The molecule has 0 spiro atoms. The van der Waals surface area contributed by atoms with E-state index in [0.29, 0.717) is 24.5 Å². The lowest BCUT2D eigenvalue weighted by Crippen LogP contribution is -2.22. The second-order valence-corrected chi connectivity index (χ2v) is 15.9. The molecule has 1 aromatic carbocycles. The largest absolute Gasteiger partial charge is 0.386 e. The summed E-state index contributed by atoms with van der Waals surface area (Å²) in [5.41, 5.74) is 4.50. The van der Waals surface area contributed by atoms with Gasteiger partial charge in [-0.2, -0.15) is 5.26 Å². The van der Waals surface area contributed by atoms with Crippen LogP contribution < -0.4 is 0 Å². The molecule has 3 aromatic heterocycles. The molecule has 33 heavy (non-hydrogen) atoms. The van der Waals surface area contributed by atoms with Gasteiger partial charge in [-0.1, -0.05) is 43.9 Å². The van der Waals surface area contributed by atoms with Crippen LogP contribution in [0.1, 0.15) is 30.8 Å². The molecule has 0 aliphatic rings. The molecule has 3 heterocycles. The van der Waals surface area contributed by atoms with Crippen molar-refractivity contribution >= 4 is 24.8 Å². The van der Waals surface area contributed by atoms with E-state index in [1.807, 2.05) is 46.4 Å². The Labute approximate surface area is 195 Å². The van der Waals surface area contributed by atoms with Gasteiger partial charge < -0.3 is 14.4 Å². The van der Waals surface area contributed by atoms with Crippen molar-refractivity contribution in [3.8, 4) is 17.3 Å². The minimum absolute atomic E-state index is 0.361. The van der Waals surface area contributed by atoms with Gasteiger partial charge in [0.1, 0.15) is 24.1 Å². The van der Waals surface area contributed by atoms with Crippen LogP contribution in [0.15, 0.2) is 36.7 Å². The Hall–Kier alpha value is -2.99. The number of aryl methyl sites for hydroxylation is 1. The lowest BCUT2D eigenvalue weighted by atomic mass is 9.97. The Morgan fingerprint density at radius 1 is 1.18 bits per heavy atom. The van der Waals surface area contributed by atoms with Gasteiger partial charge >= 0.3 is 0 Å². The predicted molar refractivity (Wildman–Crippen MR) is 133 cm³/mol. The summed E-state index contributed by atoms with van der Waals surface area (Å²) < 4.78 is 9.82. The first kappa shape index (κ1) is 23.2. The number of aliphatic hydroxyl groups is 1. The highest BCUT2D eigenvalue weighted by Gasteiger charge is 2.20. The molecule has 1 N–H and O–H groups in total. The Bertz CT molecular complexity index is 1350. The summed E-state index contributed by atoms with van der Waals surface area (Å²) in [5.74, 6) is 0.785. The molecular weight excluding hydrogens is 430 g/mol. The Morgan fingerprint density at radius 2 is 1.88 bits per heavy atom. The van der Waals surface area contributed by atoms with E-state index in [-0.39, 0.29) is 0 Å². The van der Waals surface area contributed by atoms with Crippen LogP contribution in [-0.4, -0.2) is 38.7 Å². The highest BCUT2D eigenvalue weighted by atomic mass is 28.3. The molecule has 172 valence electrons. The smallest absolute Gasteiger partial charge is 0.160 e. The summed E-state index contributed by atoms with van der Waals surface area (Å²) in [6.45, 7) is 13.5. The maximum absolute atomic E-state index is 10.3. The quantitative estimate of drug-likeness (QED) is 0.307. The van der Waals surface area contributed by atoms with Crippen molar-refractivity contribution in [3.63, 3.8) is 0 Å². The Morgan fingerprint density at radius 3 is 2.48 bits per heavy atom. The van der Waals surface area contributed by atoms with Gasteiger partial charge in [0.2, 0.25) is 0 Å². The number of fused-ring (bicyclic) bond motifs is 3. The van der Waals surface area contributed by atoms with Gasteiger partial charge in [-0.05, 0) is 32.4 Å². The second-order valence-electron chi connectivity index (χ2n) is 10.3. The lowest BCUT2D eigenvalue weighted by Gasteiger charge is -2.17. The molecule has 0 aliphatic heterocycles. The van der Waals surface area contributed by atoms with E-state index in [1.54, 1.807) is 20.0 Å². The van der Waals surface area contributed by atoms with E-state index in [1.165, 1.54) is 0 Å². The predicted octanol–water partition coefficient (Wildman–Crippen LogP) is 5.07. The van der Waals surface area contributed by atoms with E-state index in [0.717, 1.165) is 39.7 Å².